The summed E-state index contributed by atoms with van der Waals surface area (Å²) in [4.78, 5) is 27.3. The van der Waals surface area contributed by atoms with Gasteiger partial charge in [-0.15, -0.1) is 6.58 Å². The second-order valence-electron chi connectivity index (χ2n) is 8.93. The normalized spacial score (nSPS) is 24.2. The molecule has 1 saturated heterocycles. The lowest BCUT2D eigenvalue weighted by Crippen LogP contribution is -2.55. The number of halogens is 2. The van der Waals surface area contributed by atoms with Crippen molar-refractivity contribution in [2.24, 2.45) is 5.41 Å². The molecule has 1 fully saturated rings. The zero-order valence-corrected chi connectivity index (χ0v) is 20.3. The molecular weight excluding hydrogens is 441 g/mol. The third-order valence-corrected chi connectivity index (χ3v) is 7.15. The minimum atomic E-state index is -0.577. The molecule has 1 heterocycles. The first-order chi connectivity index (χ1) is 15.3. The fraction of sp³-hybridized carbons (Fsp3) is 0.407. The average molecular weight is 472 g/mol. The van der Waals surface area contributed by atoms with Crippen molar-refractivity contribution in [3.8, 4) is 0 Å². The molecule has 32 heavy (non-hydrogen) atoms. The lowest BCUT2D eigenvalue weighted by atomic mass is 9.67. The van der Waals surface area contributed by atoms with Crippen LogP contribution < -0.4 is 0 Å². The van der Waals surface area contributed by atoms with E-state index in [1.54, 1.807) is 0 Å². The Kier molecular flexibility index (Phi) is 8.19. The number of allylic oxidation sites excluding steroid dienone is 1. The zero-order chi connectivity index (χ0) is 23.3. The summed E-state index contributed by atoms with van der Waals surface area (Å²) in [5, 5.41) is 1.34. The largest absolute Gasteiger partial charge is 0.332 e. The predicted octanol–water partition coefficient (Wildman–Crippen LogP) is 7.39. The number of amides is 1. The minimum Gasteiger partial charge on any atom is -0.332 e. The summed E-state index contributed by atoms with van der Waals surface area (Å²) >= 11 is 12.6. The highest BCUT2D eigenvalue weighted by molar-refractivity contribution is 6.30. The maximum absolute atomic E-state index is 14.0. The Labute approximate surface area is 201 Å². The van der Waals surface area contributed by atoms with Crippen molar-refractivity contribution in [2.45, 2.75) is 64.0 Å². The van der Waals surface area contributed by atoms with Crippen molar-refractivity contribution in [3.05, 3.63) is 82.4 Å². The standard InChI is InChI=1S/C27H31Cl2NO2/c1-4-15-27(3)18-24(20-8-6-9-22(29)17-20)25(19-11-13-21(28)14-12-19)30(26(27)32)23(5-2)10-7-16-31/h4,6,8-9,11-14,16-17,23-25H,1,5,7,10,15,18H2,2-3H3/t23-,24?,25?,27-/m0/s1. The highest BCUT2D eigenvalue weighted by atomic mass is 35.5. The number of carbonyl (C=O) groups is 2. The molecule has 2 aromatic rings. The Morgan fingerprint density at radius 1 is 1.16 bits per heavy atom. The predicted molar refractivity (Wildman–Crippen MR) is 132 cm³/mol. The average Bonchev–Trinajstić information content (AvgIpc) is 2.77. The van der Waals surface area contributed by atoms with E-state index in [0.717, 1.165) is 23.8 Å². The van der Waals surface area contributed by atoms with Gasteiger partial charge in [0.1, 0.15) is 6.29 Å². The molecule has 5 heteroatoms. The zero-order valence-electron chi connectivity index (χ0n) is 18.8. The second-order valence-corrected chi connectivity index (χ2v) is 9.81. The summed E-state index contributed by atoms with van der Waals surface area (Å²) in [6, 6.07) is 15.5. The quantitative estimate of drug-likeness (QED) is 0.282. The molecular formula is C27H31Cl2NO2. The summed E-state index contributed by atoms with van der Waals surface area (Å²) < 4.78 is 0. The first kappa shape index (κ1) is 24.5. The Morgan fingerprint density at radius 2 is 1.88 bits per heavy atom. The van der Waals surface area contributed by atoms with Crippen LogP contribution in [0, 0.1) is 5.41 Å². The van der Waals surface area contributed by atoms with E-state index in [-0.39, 0.29) is 23.9 Å². The van der Waals surface area contributed by atoms with E-state index in [0.29, 0.717) is 35.7 Å². The van der Waals surface area contributed by atoms with Crippen molar-refractivity contribution in [1.82, 2.24) is 4.90 Å². The van der Waals surface area contributed by atoms with Gasteiger partial charge < -0.3 is 9.69 Å². The molecule has 0 aliphatic carbocycles. The highest BCUT2D eigenvalue weighted by Crippen LogP contribution is 2.52. The fourth-order valence-corrected chi connectivity index (χ4v) is 5.41. The van der Waals surface area contributed by atoms with Crippen LogP contribution in [-0.2, 0) is 9.59 Å². The van der Waals surface area contributed by atoms with Crippen molar-refractivity contribution in [3.63, 3.8) is 0 Å². The van der Waals surface area contributed by atoms with Crippen LogP contribution in [0.25, 0.3) is 0 Å². The topological polar surface area (TPSA) is 37.4 Å². The van der Waals surface area contributed by atoms with Gasteiger partial charge in [0, 0.05) is 28.4 Å². The molecule has 0 radical (unpaired) electrons. The van der Waals surface area contributed by atoms with Gasteiger partial charge in [-0.1, -0.05) is 67.4 Å². The van der Waals surface area contributed by atoms with E-state index >= 15 is 0 Å². The summed E-state index contributed by atoms with van der Waals surface area (Å²) in [6.45, 7) is 8.03. The van der Waals surface area contributed by atoms with Crippen LogP contribution >= 0.6 is 23.2 Å². The highest BCUT2D eigenvalue weighted by Gasteiger charge is 2.50. The minimum absolute atomic E-state index is 0.0421. The Balaban J connectivity index is 2.21. The third kappa shape index (κ3) is 5.10. The number of likely N-dealkylation sites (tertiary alicyclic amines) is 1. The lowest BCUT2D eigenvalue weighted by Gasteiger charge is -2.52. The number of piperidine rings is 1. The molecule has 0 spiro atoms. The summed E-state index contributed by atoms with van der Waals surface area (Å²) in [5.74, 6) is 0.163. The molecule has 0 saturated carbocycles. The van der Waals surface area contributed by atoms with Crippen LogP contribution in [0.1, 0.15) is 69.0 Å². The molecule has 3 rings (SSSR count). The smallest absolute Gasteiger partial charge is 0.229 e. The van der Waals surface area contributed by atoms with Gasteiger partial charge in [0.2, 0.25) is 5.91 Å². The Morgan fingerprint density at radius 3 is 2.47 bits per heavy atom. The van der Waals surface area contributed by atoms with E-state index in [4.69, 9.17) is 23.2 Å². The van der Waals surface area contributed by atoms with Crippen LogP contribution in [0.4, 0.5) is 0 Å². The van der Waals surface area contributed by atoms with Crippen LogP contribution in [0.2, 0.25) is 10.0 Å². The molecule has 1 amide bonds. The fourth-order valence-electron chi connectivity index (χ4n) is 5.09. The lowest BCUT2D eigenvalue weighted by molar-refractivity contribution is -0.155. The van der Waals surface area contributed by atoms with E-state index < -0.39 is 5.41 Å². The van der Waals surface area contributed by atoms with E-state index in [2.05, 4.69) is 19.6 Å². The van der Waals surface area contributed by atoms with Crippen LogP contribution in [0.15, 0.2) is 61.2 Å². The molecule has 0 bridgehead atoms. The number of aldehydes is 1. The maximum atomic E-state index is 14.0. The number of nitrogens with zero attached hydrogens (tertiary/aromatic N) is 1. The molecule has 3 nitrogen and oxygen atoms in total. The van der Waals surface area contributed by atoms with Crippen LogP contribution in [0.3, 0.4) is 0 Å². The van der Waals surface area contributed by atoms with Gasteiger partial charge in [0.25, 0.3) is 0 Å². The molecule has 2 aromatic carbocycles. The molecule has 2 unspecified atom stereocenters. The number of hydrogen-bond acceptors (Lipinski definition) is 2. The van der Waals surface area contributed by atoms with Crippen molar-refractivity contribution >= 4 is 35.4 Å². The molecule has 1 aliphatic rings. The first-order valence-electron chi connectivity index (χ1n) is 11.2. The molecule has 170 valence electrons. The van der Waals surface area contributed by atoms with E-state index in [9.17, 15) is 9.59 Å². The number of hydrogen-bond donors (Lipinski definition) is 0. The van der Waals surface area contributed by atoms with Crippen molar-refractivity contribution in [1.29, 1.82) is 0 Å². The molecule has 1 aliphatic heterocycles. The molecule has 0 N–H and O–H groups in total. The monoisotopic (exact) mass is 471 g/mol. The van der Waals surface area contributed by atoms with Crippen molar-refractivity contribution < 1.29 is 9.59 Å². The molecule has 0 aromatic heterocycles. The first-order valence-corrected chi connectivity index (χ1v) is 12.0. The van der Waals surface area contributed by atoms with Gasteiger partial charge >= 0.3 is 0 Å². The van der Waals surface area contributed by atoms with Gasteiger partial charge in [0.15, 0.2) is 0 Å². The number of benzene rings is 2. The maximum Gasteiger partial charge on any atom is 0.229 e. The van der Waals surface area contributed by atoms with E-state index in [1.807, 2.05) is 60.4 Å². The van der Waals surface area contributed by atoms with Gasteiger partial charge in [0.05, 0.1) is 11.5 Å². The van der Waals surface area contributed by atoms with Crippen molar-refractivity contribution in [2.75, 3.05) is 0 Å². The van der Waals surface area contributed by atoms with Crippen LogP contribution in [0.5, 0.6) is 0 Å². The number of carbonyl (C=O) groups excluding carboxylic acids is 2. The summed E-state index contributed by atoms with van der Waals surface area (Å²) in [6.07, 6.45) is 5.89. The SMILES string of the molecule is C=CC[C@@]1(C)CC(c2cccc(Cl)c2)C(c2ccc(Cl)cc2)N([C@@H](CC)CCC=O)C1=O. The van der Waals surface area contributed by atoms with Gasteiger partial charge in [-0.25, -0.2) is 0 Å². The summed E-state index contributed by atoms with van der Waals surface area (Å²) in [5.41, 5.74) is 1.57. The summed E-state index contributed by atoms with van der Waals surface area (Å²) in [7, 11) is 0. The third-order valence-electron chi connectivity index (χ3n) is 6.67. The van der Waals surface area contributed by atoms with Gasteiger partial charge in [-0.05, 0) is 61.1 Å². The Bertz CT molecular complexity index is 958. The molecule has 4 atom stereocenters. The van der Waals surface area contributed by atoms with Gasteiger partial charge in [-0.2, -0.15) is 0 Å². The van der Waals surface area contributed by atoms with Crippen LogP contribution in [-0.4, -0.2) is 23.1 Å². The Hall–Kier alpha value is -2.10. The second kappa shape index (κ2) is 10.7. The number of rotatable bonds is 9. The van der Waals surface area contributed by atoms with Gasteiger partial charge in [-0.3, -0.25) is 4.79 Å². The van der Waals surface area contributed by atoms with E-state index in [1.165, 1.54) is 0 Å².